The van der Waals surface area contributed by atoms with Crippen LogP contribution < -0.4 is 14.8 Å². The largest absolute Gasteiger partial charge is 0.490 e. The molecule has 0 saturated carbocycles. The second kappa shape index (κ2) is 11.3. The first-order valence-electron chi connectivity index (χ1n) is 11.6. The zero-order valence-electron chi connectivity index (χ0n) is 19.8. The molecule has 1 amide bonds. The normalized spacial score (nSPS) is 15.4. The number of benzene rings is 4. The molecule has 1 saturated heterocycles. The van der Waals surface area contributed by atoms with Gasteiger partial charge in [0.1, 0.15) is 6.61 Å². The Morgan fingerprint density at radius 3 is 2.57 bits per heavy atom. The highest BCUT2D eigenvalue weighted by molar-refractivity contribution is 8.18. The van der Waals surface area contributed by atoms with Crippen molar-refractivity contribution in [2.45, 2.75) is 13.5 Å². The first-order chi connectivity index (χ1) is 18.0. The number of fused-ring (bicyclic) bond motifs is 1. The fourth-order valence-corrected chi connectivity index (χ4v) is 5.15. The summed E-state index contributed by atoms with van der Waals surface area (Å²) in [6.07, 6.45) is 1.76. The van der Waals surface area contributed by atoms with Gasteiger partial charge in [-0.3, -0.25) is 4.79 Å². The van der Waals surface area contributed by atoms with Crippen LogP contribution in [0.15, 0.2) is 88.8 Å². The zero-order chi connectivity index (χ0) is 25.8. The maximum Gasteiger partial charge on any atom is 0.264 e. The van der Waals surface area contributed by atoms with Gasteiger partial charge in [-0.1, -0.05) is 65.7 Å². The minimum absolute atomic E-state index is 0.233. The highest BCUT2D eigenvalue weighted by Crippen LogP contribution is 2.39. The van der Waals surface area contributed by atoms with Gasteiger partial charge in [-0.25, -0.2) is 4.99 Å². The van der Waals surface area contributed by atoms with Crippen LogP contribution in [-0.4, -0.2) is 17.7 Å². The number of nitrogens with one attached hydrogen (secondary N) is 1. The molecule has 0 radical (unpaired) electrons. The molecule has 4 aromatic carbocycles. The number of halogens is 2. The summed E-state index contributed by atoms with van der Waals surface area (Å²) in [5, 5.41) is 6.58. The Labute approximate surface area is 229 Å². The molecule has 1 heterocycles. The summed E-state index contributed by atoms with van der Waals surface area (Å²) < 4.78 is 12.0. The van der Waals surface area contributed by atoms with Gasteiger partial charge in [0.15, 0.2) is 16.7 Å². The molecule has 0 bridgehead atoms. The Morgan fingerprint density at radius 2 is 1.76 bits per heavy atom. The van der Waals surface area contributed by atoms with E-state index in [2.05, 4.69) is 28.5 Å². The molecule has 1 N–H and O–H groups in total. The van der Waals surface area contributed by atoms with Crippen molar-refractivity contribution < 1.29 is 14.3 Å². The number of carbonyl (C=O) groups excluding carboxylic acids is 1. The van der Waals surface area contributed by atoms with E-state index < -0.39 is 0 Å². The number of carbonyl (C=O) groups is 1. The Bertz CT molecular complexity index is 1530. The van der Waals surface area contributed by atoms with Crippen LogP contribution in [0.4, 0.5) is 5.69 Å². The van der Waals surface area contributed by atoms with Crippen LogP contribution in [-0.2, 0) is 11.4 Å². The van der Waals surface area contributed by atoms with Gasteiger partial charge in [-0.2, -0.15) is 0 Å². The third-order valence-corrected chi connectivity index (χ3v) is 7.03. The molecule has 1 aliphatic rings. The minimum atomic E-state index is -0.233. The second-order valence-corrected chi connectivity index (χ2v) is 10.0. The van der Waals surface area contributed by atoms with E-state index in [0.717, 1.165) is 21.9 Å². The highest BCUT2D eigenvalue weighted by Gasteiger charge is 2.24. The second-order valence-electron chi connectivity index (χ2n) is 8.15. The van der Waals surface area contributed by atoms with Gasteiger partial charge < -0.3 is 14.8 Å². The lowest BCUT2D eigenvalue weighted by Crippen LogP contribution is -2.19. The van der Waals surface area contributed by atoms with Crippen molar-refractivity contribution in [2.75, 3.05) is 6.61 Å². The summed E-state index contributed by atoms with van der Waals surface area (Å²) >= 11 is 13.8. The monoisotopic (exact) mass is 548 g/mol. The number of thioether (sulfide) groups is 1. The van der Waals surface area contributed by atoms with Crippen molar-refractivity contribution in [3.05, 3.63) is 105 Å². The van der Waals surface area contributed by atoms with Crippen LogP contribution in [0.1, 0.15) is 18.1 Å². The van der Waals surface area contributed by atoms with E-state index >= 15 is 0 Å². The molecule has 0 spiro atoms. The number of amides is 1. The van der Waals surface area contributed by atoms with Crippen molar-refractivity contribution >= 4 is 68.6 Å². The average molecular weight is 549 g/mol. The van der Waals surface area contributed by atoms with E-state index in [1.54, 1.807) is 36.4 Å². The van der Waals surface area contributed by atoms with Gasteiger partial charge in [0.2, 0.25) is 0 Å². The van der Waals surface area contributed by atoms with Crippen LogP contribution in [0.3, 0.4) is 0 Å². The topological polar surface area (TPSA) is 59.9 Å². The lowest BCUT2D eigenvalue weighted by atomic mass is 10.1. The maximum absolute atomic E-state index is 12.6. The van der Waals surface area contributed by atoms with E-state index in [0.29, 0.717) is 50.5 Å². The Kier molecular flexibility index (Phi) is 7.70. The molecule has 8 heteroatoms. The number of rotatable bonds is 7. The molecule has 5 rings (SSSR count). The molecule has 37 heavy (non-hydrogen) atoms. The third kappa shape index (κ3) is 5.93. The van der Waals surface area contributed by atoms with Crippen LogP contribution in [0, 0.1) is 0 Å². The van der Waals surface area contributed by atoms with Crippen molar-refractivity contribution in [2.24, 2.45) is 4.99 Å². The maximum atomic E-state index is 12.6. The summed E-state index contributed by atoms with van der Waals surface area (Å²) in [6, 6.07) is 24.9. The molecule has 0 atom stereocenters. The van der Waals surface area contributed by atoms with E-state index in [1.165, 1.54) is 11.8 Å². The van der Waals surface area contributed by atoms with Crippen LogP contribution in [0.2, 0.25) is 10.0 Å². The zero-order valence-corrected chi connectivity index (χ0v) is 22.2. The molecule has 1 aliphatic heterocycles. The number of aliphatic imine (C=N–C) groups is 1. The van der Waals surface area contributed by atoms with Crippen LogP contribution in [0.25, 0.3) is 16.8 Å². The lowest BCUT2D eigenvalue weighted by Gasteiger charge is -2.15. The molecule has 0 aromatic heterocycles. The van der Waals surface area contributed by atoms with Gasteiger partial charge in [0.25, 0.3) is 5.91 Å². The average Bonchev–Trinajstić information content (AvgIpc) is 3.23. The molecule has 1 fully saturated rings. The molecular formula is C29H22Cl2N2O3S. The Hall–Kier alpha value is -3.45. The van der Waals surface area contributed by atoms with Crippen molar-refractivity contribution in [3.8, 4) is 11.5 Å². The smallest absolute Gasteiger partial charge is 0.264 e. The lowest BCUT2D eigenvalue weighted by molar-refractivity contribution is -0.115. The molecule has 0 unspecified atom stereocenters. The van der Waals surface area contributed by atoms with Gasteiger partial charge in [-0.05, 0) is 83.1 Å². The fraction of sp³-hybridized carbons (Fsp3) is 0.103. The van der Waals surface area contributed by atoms with E-state index in [4.69, 9.17) is 32.7 Å². The molecule has 186 valence electrons. The quantitative estimate of drug-likeness (QED) is 0.237. The Morgan fingerprint density at radius 1 is 0.973 bits per heavy atom. The summed E-state index contributed by atoms with van der Waals surface area (Å²) in [5.41, 5.74) is 2.47. The predicted octanol–water partition coefficient (Wildman–Crippen LogP) is 8.02. The molecular weight excluding hydrogens is 527 g/mol. The summed E-state index contributed by atoms with van der Waals surface area (Å²) in [5.74, 6) is 0.746. The van der Waals surface area contributed by atoms with Gasteiger partial charge in [0, 0.05) is 5.02 Å². The number of hydrogen-bond acceptors (Lipinski definition) is 5. The van der Waals surface area contributed by atoms with E-state index in [1.807, 2.05) is 37.3 Å². The third-order valence-electron chi connectivity index (χ3n) is 5.59. The molecule has 5 nitrogen and oxygen atoms in total. The number of nitrogens with zero attached hydrogens (tertiary/aromatic N) is 1. The van der Waals surface area contributed by atoms with E-state index in [9.17, 15) is 4.79 Å². The Balaban J connectivity index is 1.38. The molecule has 0 aliphatic carbocycles. The highest BCUT2D eigenvalue weighted by atomic mass is 35.5. The number of ether oxygens (including phenoxy) is 2. The standard InChI is InChI=1S/C29H22Cl2N2O3S/c1-2-35-25-15-18(16-26-28(34)33-29(37-26)32-22-12-10-21(30)11-13-22)14-24(31)27(25)36-17-20-8-5-7-19-6-3-4-9-23(19)20/h3-16H,2,17H2,1H3,(H,32,33,34)/b26-16-. The van der Waals surface area contributed by atoms with Crippen molar-refractivity contribution in [3.63, 3.8) is 0 Å². The SMILES string of the molecule is CCOc1cc(/C=C2\SC(=Nc3ccc(Cl)cc3)NC2=O)cc(Cl)c1OCc1cccc2ccccc12. The minimum Gasteiger partial charge on any atom is -0.490 e. The number of hydrogen-bond donors (Lipinski definition) is 1. The van der Waals surface area contributed by atoms with Gasteiger partial charge >= 0.3 is 0 Å². The van der Waals surface area contributed by atoms with Crippen LogP contribution in [0.5, 0.6) is 11.5 Å². The summed E-state index contributed by atoms with van der Waals surface area (Å²) in [6.45, 7) is 2.67. The van der Waals surface area contributed by atoms with E-state index in [-0.39, 0.29) is 5.91 Å². The van der Waals surface area contributed by atoms with Gasteiger partial charge in [-0.15, -0.1) is 0 Å². The van der Waals surface area contributed by atoms with Gasteiger partial charge in [0.05, 0.1) is 22.2 Å². The summed E-state index contributed by atoms with van der Waals surface area (Å²) in [4.78, 5) is 17.5. The van der Waals surface area contributed by atoms with Crippen LogP contribution >= 0.6 is 35.0 Å². The molecule has 4 aromatic rings. The number of amidine groups is 1. The fourth-order valence-electron chi connectivity index (χ4n) is 3.91. The first kappa shape index (κ1) is 25.2. The summed E-state index contributed by atoms with van der Waals surface area (Å²) in [7, 11) is 0. The predicted molar refractivity (Wildman–Crippen MR) is 153 cm³/mol. The first-order valence-corrected chi connectivity index (χ1v) is 13.2. The van der Waals surface area contributed by atoms with Crippen molar-refractivity contribution in [1.29, 1.82) is 0 Å². The van der Waals surface area contributed by atoms with Crippen molar-refractivity contribution in [1.82, 2.24) is 5.32 Å².